The number of benzene rings is 1. The zero-order chi connectivity index (χ0) is 20.6. The molecule has 0 saturated carbocycles. The molecule has 1 unspecified atom stereocenters. The summed E-state index contributed by atoms with van der Waals surface area (Å²) in [7, 11) is -0.268. The van der Waals surface area contributed by atoms with Crippen molar-refractivity contribution in [2.45, 2.75) is 51.6 Å². The van der Waals surface area contributed by atoms with Gasteiger partial charge in [-0.2, -0.15) is 0 Å². The normalized spacial score (nSPS) is 12.8. The number of methoxy groups -OCH3 is 1. The molecule has 1 N–H and O–H groups in total. The van der Waals surface area contributed by atoms with E-state index in [-0.39, 0.29) is 11.9 Å². The molecule has 0 aliphatic carbocycles. The second-order valence-electron chi connectivity index (χ2n) is 6.84. The Kier molecular flexibility index (Phi) is 8.88. The summed E-state index contributed by atoms with van der Waals surface area (Å²) in [5.74, 6) is 0.398. The molecule has 1 atom stereocenters. The molecular formula is C21H30ClFN2O2Si. The van der Waals surface area contributed by atoms with Crippen molar-refractivity contribution in [1.29, 1.82) is 0 Å². The van der Waals surface area contributed by atoms with Crippen LogP contribution in [0.3, 0.4) is 0 Å². The second-order valence-corrected chi connectivity index (χ2v) is 12.0. The van der Waals surface area contributed by atoms with Crippen LogP contribution in [0.2, 0.25) is 23.2 Å². The summed E-state index contributed by atoms with van der Waals surface area (Å²) in [5, 5.41) is 3.97. The van der Waals surface area contributed by atoms with Gasteiger partial charge < -0.3 is 14.5 Å². The summed E-state index contributed by atoms with van der Waals surface area (Å²) in [5.41, 5.74) is 1.84. The zero-order valence-corrected chi connectivity index (χ0v) is 18.9. The molecule has 0 bridgehead atoms. The van der Waals surface area contributed by atoms with Crippen molar-refractivity contribution in [3.05, 3.63) is 58.6 Å². The predicted molar refractivity (Wildman–Crippen MR) is 115 cm³/mol. The van der Waals surface area contributed by atoms with Crippen molar-refractivity contribution in [1.82, 2.24) is 10.3 Å². The van der Waals surface area contributed by atoms with E-state index in [4.69, 9.17) is 20.8 Å². The summed E-state index contributed by atoms with van der Waals surface area (Å²) < 4.78 is 25.4. The van der Waals surface area contributed by atoms with Gasteiger partial charge in [-0.05, 0) is 35.8 Å². The third-order valence-electron chi connectivity index (χ3n) is 5.34. The van der Waals surface area contributed by atoms with Crippen molar-refractivity contribution in [3.63, 3.8) is 0 Å². The number of nitrogens with zero attached hydrogens (tertiary/aromatic N) is 1. The molecule has 154 valence electrons. The van der Waals surface area contributed by atoms with E-state index in [9.17, 15) is 4.39 Å². The zero-order valence-electron chi connectivity index (χ0n) is 17.1. The lowest BCUT2D eigenvalue weighted by atomic mass is 10.1. The first-order valence-corrected chi connectivity index (χ1v) is 12.7. The molecule has 0 amide bonds. The lowest BCUT2D eigenvalue weighted by Gasteiger charge is -2.34. The monoisotopic (exact) mass is 424 g/mol. The van der Waals surface area contributed by atoms with Crippen LogP contribution in [0.15, 0.2) is 36.7 Å². The number of hydrogen-bond donors (Lipinski definition) is 1. The van der Waals surface area contributed by atoms with Crippen LogP contribution in [0.4, 0.5) is 4.39 Å². The first-order valence-electron chi connectivity index (χ1n) is 9.78. The van der Waals surface area contributed by atoms with Crippen molar-refractivity contribution >= 4 is 19.9 Å². The van der Waals surface area contributed by atoms with Crippen LogP contribution in [0, 0.1) is 5.82 Å². The van der Waals surface area contributed by atoms with Crippen LogP contribution in [0.25, 0.3) is 0 Å². The van der Waals surface area contributed by atoms with E-state index in [1.807, 2.05) is 0 Å². The number of pyridine rings is 1. The summed E-state index contributed by atoms with van der Waals surface area (Å²) in [6.45, 7) is 7.80. The van der Waals surface area contributed by atoms with Gasteiger partial charge in [-0.1, -0.05) is 44.5 Å². The highest BCUT2D eigenvalue weighted by molar-refractivity contribution is 6.73. The lowest BCUT2D eigenvalue weighted by Crippen LogP contribution is -2.40. The molecule has 0 saturated heterocycles. The van der Waals surface area contributed by atoms with Crippen LogP contribution in [0.5, 0.6) is 5.75 Å². The highest BCUT2D eigenvalue weighted by Gasteiger charge is 2.34. The molecule has 0 aliphatic heterocycles. The van der Waals surface area contributed by atoms with Crippen LogP contribution in [0.1, 0.15) is 38.0 Å². The first kappa shape index (κ1) is 22.8. The summed E-state index contributed by atoms with van der Waals surface area (Å²) in [6, 6.07) is 9.62. The largest absolute Gasteiger partial charge is 0.495 e. The molecule has 0 spiro atoms. The van der Waals surface area contributed by atoms with E-state index in [1.54, 1.807) is 31.6 Å². The average Bonchev–Trinajstić information content (AvgIpc) is 2.72. The molecule has 1 heterocycles. The van der Waals surface area contributed by atoms with E-state index >= 15 is 0 Å². The standard InChI is InChI=1S/C21H30ClFN2O2Si/c1-5-28(6-2,7-3)27-20(21-18(22)13-25-14-19(21)26-4)15-24-12-16-8-10-17(23)11-9-16/h8-11,13-14,20,24H,5-7,12,15H2,1-4H3. The third-order valence-corrected chi connectivity index (χ3v) is 10.3. The van der Waals surface area contributed by atoms with Crippen molar-refractivity contribution in [2.75, 3.05) is 13.7 Å². The molecule has 2 rings (SSSR count). The summed E-state index contributed by atoms with van der Waals surface area (Å²) in [4.78, 5) is 4.13. The Bertz CT molecular complexity index is 733. The maximum Gasteiger partial charge on any atom is 0.192 e. The Labute approximate surface area is 173 Å². The van der Waals surface area contributed by atoms with Crippen molar-refractivity contribution in [3.8, 4) is 5.75 Å². The lowest BCUT2D eigenvalue weighted by molar-refractivity contribution is 0.181. The number of rotatable bonds is 11. The highest BCUT2D eigenvalue weighted by Crippen LogP contribution is 2.37. The van der Waals surface area contributed by atoms with Crippen LogP contribution < -0.4 is 10.1 Å². The Hall–Kier alpha value is -1.47. The van der Waals surface area contributed by atoms with Gasteiger partial charge in [0.05, 0.1) is 24.4 Å². The molecule has 7 heteroatoms. The number of hydrogen-bond acceptors (Lipinski definition) is 4. The Balaban J connectivity index is 2.24. The molecular weight excluding hydrogens is 395 g/mol. The van der Waals surface area contributed by atoms with Crippen LogP contribution in [-0.2, 0) is 11.0 Å². The highest BCUT2D eigenvalue weighted by atomic mass is 35.5. The van der Waals surface area contributed by atoms with Crippen molar-refractivity contribution in [2.24, 2.45) is 0 Å². The smallest absolute Gasteiger partial charge is 0.192 e. The Morgan fingerprint density at radius 2 is 1.75 bits per heavy atom. The number of nitrogens with one attached hydrogen (secondary N) is 1. The molecule has 28 heavy (non-hydrogen) atoms. The van der Waals surface area contributed by atoms with Gasteiger partial charge in [0.1, 0.15) is 11.6 Å². The van der Waals surface area contributed by atoms with Gasteiger partial charge in [0.25, 0.3) is 0 Å². The van der Waals surface area contributed by atoms with E-state index < -0.39 is 8.32 Å². The van der Waals surface area contributed by atoms with E-state index in [0.29, 0.717) is 23.9 Å². The van der Waals surface area contributed by atoms with Gasteiger partial charge >= 0.3 is 0 Å². The maximum absolute atomic E-state index is 13.1. The van der Waals surface area contributed by atoms with Crippen molar-refractivity contribution < 1.29 is 13.6 Å². The fourth-order valence-corrected chi connectivity index (χ4v) is 6.43. The first-order chi connectivity index (χ1) is 13.5. The average molecular weight is 425 g/mol. The quantitative estimate of drug-likeness (QED) is 0.467. The van der Waals surface area contributed by atoms with E-state index in [1.165, 1.54) is 12.1 Å². The molecule has 0 aliphatic rings. The van der Waals surface area contributed by atoms with Crippen LogP contribution in [-0.4, -0.2) is 27.0 Å². The molecule has 0 fully saturated rings. The minimum Gasteiger partial charge on any atom is -0.495 e. The van der Waals surface area contributed by atoms with Gasteiger partial charge in [-0.15, -0.1) is 0 Å². The minimum atomic E-state index is -1.88. The third kappa shape index (κ3) is 5.77. The SMILES string of the molecule is CC[Si](CC)(CC)OC(CNCc1ccc(F)cc1)c1c(Cl)cncc1OC. The van der Waals surface area contributed by atoms with Gasteiger partial charge in [0.15, 0.2) is 8.32 Å². The van der Waals surface area contributed by atoms with Gasteiger partial charge in [-0.3, -0.25) is 4.98 Å². The summed E-state index contributed by atoms with van der Waals surface area (Å²) in [6.07, 6.45) is 3.06. The molecule has 1 aromatic carbocycles. The predicted octanol–water partition coefficient (Wildman–Crippen LogP) is 5.74. The van der Waals surface area contributed by atoms with E-state index in [0.717, 1.165) is 29.3 Å². The number of ether oxygens (including phenoxy) is 1. The van der Waals surface area contributed by atoms with Gasteiger partial charge in [0.2, 0.25) is 0 Å². The molecule has 1 aromatic heterocycles. The van der Waals surface area contributed by atoms with Gasteiger partial charge in [-0.25, -0.2) is 4.39 Å². The maximum atomic E-state index is 13.1. The fraction of sp³-hybridized carbons (Fsp3) is 0.476. The fourth-order valence-electron chi connectivity index (χ4n) is 3.36. The Morgan fingerprint density at radius 1 is 1.11 bits per heavy atom. The molecule has 2 aromatic rings. The van der Waals surface area contributed by atoms with Crippen LogP contribution >= 0.6 is 11.6 Å². The Morgan fingerprint density at radius 3 is 2.32 bits per heavy atom. The number of halogens is 2. The minimum absolute atomic E-state index is 0.233. The van der Waals surface area contributed by atoms with Gasteiger partial charge in [0, 0.05) is 24.8 Å². The summed E-state index contributed by atoms with van der Waals surface area (Å²) >= 11 is 6.50. The molecule has 0 radical (unpaired) electrons. The second kappa shape index (κ2) is 10.9. The topological polar surface area (TPSA) is 43.4 Å². The molecule has 4 nitrogen and oxygen atoms in total. The number of aromatic nitrogens is 1. The van der Waals surface area contributed by atoms with E-state index in [2.05, 4.69) is 31.1 Å².